The molecule has 0 radical (unpaired) electrons. The zero-order chi connectivity index (χ0) is 16.9. The van der Waals surface area contributed by atoms with Gasteiger partial charge in [0.05, 0.1) is 11.1 Å². The average Bonchev–Trinajstić information content (AvgIpc) is 3.33. The number of aliphatic hydroxyl groups is 1. The monoisotopic (exact) mass is 347 g/mol. The second kappa shape index (κ2) is 7.77. The first-order chi connectivity index (χ1) is 11.6. The number of hydrogen-bond donors (Lipinski definition) is 1. The predicted molar refractivity (Wildman–Crippen MR) is 90.9 cm³/mol. The van der Waals surface area contributed by atoms with Crippen LogP contribution in [-0.2, 0) is 4.79 Å². The Morgan fingerprint density at radius 1 is 1.33 bits per heavy atom. The van der Waals surface area contributed by atoms with Crippen molar-refractivity contribution in [3.8, 4) is 0 Å². The molecule has 0 spiro atoms. The first kappa shape index (κ1) is 16.9. The van der Waals surface area contributed by atoms with Crippen molar-refractivity contribution in [1.82, 2.24) is 4.90 Å². The number of furan rings is 1. The van der Waals surface area contributed by atoms with E-state index in [1.165, 1.54) is 17.6 Å². The third-order valence-electron chi connectivity index (χ3n) is 4.43. The molecule has 2 unspecified atom stereocenters. The summed E-state index contributed by atoms with van der Waals surface area (Å²) in [5.41, 5.74) is 0. The molecule has 6 heteroatoms. The summed E-state index contributed by atoms with van der Waals surface area (Å²) in [7, 11) is 0. The van der Waals surface area contributed by atoms with E-state index in [2.05, 4.69) is 0 Å². The van der Waals surface area contributed by atoms with E-state index < -0.39 is 6.10 Å². The lowest BCUT2D eigenvalue weighted by molar-refractivity contribution is -0.132. The highest BCUT2D eigenvalue weighted by atomic mass is 32.1. The van der Waals surface area contributed by atoms with Crippen molar-refractivity contribution in [2.45, 2.75) is 44.2 Å². The number of carbonyl (C=O) groups is 2. The number of nitrogens with zero attached hydrogens (tertiary/aromatic N) is 1. The van der Waals surface area contributed by atoms with Crippen molar-refractivity contribution in [2.24, 2.45) is 0 Å². The number of likely N-dealkylation sites (tertiary alicyclic amines) is 1. The maximum Gasteiger partial charge on any atom is 0.223 e. The van der Waals surface area contributed by atoms with Crippen LogP contribution in [0, 0.1) is 0 Å². The number of thiophene rings is 1. The number of hydrogen-bond acceptors (Lipinski definition) is 5. The Bertz CT molecular complexity index is 665. The average molecular weight is 347 g/mol. The van der Waals surface area contributed by atoms with Gasteiger partial charge >= 0.3 is 0 Å². The minimum Gasteiger partial charge on any atom is -0.467 e. The van der Waals surface area contributed by atoms with E-state index >= 15 is 0 Å². The van der Waals surface area contributed by atoms with E-state index in [1.54, 1.807) is 18.2 Å². The number of carbonyl (C=O) groups excluding carboxylic acids is 2. The molecule has 2 aromatic heterocycles. The van der Waals surface area contributed by atoms with Crippen LogP contribution in [0.2, 0.25) is 0 Å². The molecule has 3 rings (SSSR count). The van der Waals surface area contributed by atoms with Crippen LogP contribution in [0.25, 0.3) is 0 Å². The fourth-order valence-electron chi connectivity index (χ4n) is 3.19. The van der Waals surface area contributed by atoms with Crippen LogP contribution in [0.3, 0.4) is 0 Å². The third-order valence-corrected chi connectivity index (χ3v) is 5.34. The van der Waals surface area contributed by atoms with Gasteiger partial charge < -0.3 is 14.4 Å². The van der Waals surface area contributed by atoms with E-state index in [4.69, 9.17) is 4.42 Å². The molecule has 128 valence electrons. The summed E-state index contributed by atoms with van der Waals surface area (Å²) >= 11 is 1.40. The van der Waals surface area contributed by atoms with Crippen molar-refractivity contribution >= 4 is 23.0 Å². The van der Waals surface area contributed by atoms with Crippen LogP contribution in [0.15, 0.2) is 40.3 Å². The molecule has 3 heterocycles. The highest BCUT2D eigenvalue weighted by Gasteiger charge is 2.31. The highest BCUT2D eigenvalue weighted by molar-refractivity contribution is 7.12. The smallest absolute Gasteiger partial charge is 0.223 e. The number of Topliss-reactive ketones (excluding diaryl/α,β-unsaturated/α-hetero) is 1. The standard InChI is InChI=1S/C18H21NO4S/c20-14(17-6-3-11-24-17)7-8-18(22)19-9-1-4-13(19)12-15(21)16-5-2-10-23-16/h2-3,5-6,10-11,13,15,21H,1,4,7-9,12H2. The SMILES string of the molecule is O=C(CCC(=O)N1CCCC1CC(O)c1ccco1)c1cccs1. The van der Waals surface area contributed by atoms with Gasteiger partial charge in [0.1, 0.15) is 11.9 Å². The van der Waals surface area contributed by atoms with Gasteiger partial charge in [0, 0.05) is 31.8 Å². The van der Waals surface area contributed by atoms with E-state index in [0.717, 1.165) is 12.8 Å². The van der Waals surface area contributed by atoms with Gasteiger partial charge in [-0.15, -0.1) is 11.3 Å². The quantitative estimate of drug-likeness (QED) is 0.779. The van der Waals surface area contributed by atoms with Crippen molar-refractivity contribution in [1.29, 1.82) is 0 Å². The van der Waals surface area contributed by atoms with E-state index in [1.807, 2.05) is 16.3 Å². The molecule has 0 saturated carbocycles. The summed E-state index contributed by atoms with van der Waals surface area (Å²) in [5.74, 6) is 0.543. The van der Waals surface area contributed by atoms with Crippen LogP contribution in [0.4, 0.5) is 0 Å². The number of rotatable bonds is 7. The summed E-state index contributed by atoms with van der Waals surface area (Å²) in [5, 5.41) is 12.1. The Morgan fingerprint density at radius 3 is 2.92 bits per heavy atom. The highest BCUT2D eigenvalue weighted by Crippen LogP contribution is 2.28. The Hall–Kier alpha value is -1.92. The van der Waals surface area contributed by atoms with Crippen LogP contribution < -0.4 is 0 Å². The van der Waals surface area contributed by atoms with Crippen LogP contribution in [0.1, 0.15) is 53.6 Å². The summed E-state index contributed by atoms with van der Waals surface area (Å²) in [6.07, 6.45) is 3.58. The molecule has 1 aliphatic heterocycles. The van der Waals surface area contributed by atoms with Gasteiger partial charge in [-0.3, -0.25) is 9.59 Å². The molecule has 1 N–H and O–H groups in total. The van der Waals surface area contributed by atoms with Crippen molar-refractivity contribution < 1.29 is 19.1 Å². The predicted octanol–water partition coefficient (Wildman–Crippen LogP) is 3.42. The van der Waals surface area contributed by atoms with Crippen molar-refractivity contribution in [3.63, 3.8) is 0 Å². The van der Waals surface area contributed by atoms with Gasteiger partial charge in [0.25, 0.3) is 0 Å². The lowest BCUT2D eigenvalue weighted by atomic mass is 10.0. The molecule has 0 bridgehead atoms. The molecule has 1 amide bonds. The zero-order valence-corrected chi connectivity index (χ0v) is 14.2. The maximum absolute atomic E-state index is 12.5. The number of aliphatic hydroxyl groups excluding tert-OH is 1. The minimum absolute atomic E-state index is 0.00551. The molecular weight excluding hydrogens is 326 g/mol. The molecular formula is C18H21NO4S. The minimum atomic E-state index is -0.703. The Kier molecular flexibility index (Phi) is 5.48. The Labute approximate surface area is 144 Å². The summed E-state index contributed by atoms with van der Waals surface area (Å²) in [4.78, 5) is 27.0. The lowest BCUT2D eigenvalue weighted by Gasteiger charge is -2.26. The summed E-state index contributed by atoms with van der Waals surface area (Å²) in [6, 6.07) is 7.12. The molecule has 5 nitrogen and oxygen atoms in total. The Balaban J connectivity index is 1.52. The fourth-order valence-corrected chi connectivity index (χ4v) is 3.88. The third kappa shape index (κ3) is 3.94. The van der Waals surface area contributed by atoms with Crippen LogP contribution >= 0.6 is 11.3 Å². The van der Waals surface area contributed by atoms with Crippen LogP contribution in [0.5, 0.6) is 0 Å². The molecule has 1 fully saturated rings. The first-order valence-electron chi connectivity index (χ1n) is 8.23. The lowest BCUT2D eigenvalue weighted by Crippen LogP contribution is -2.36. The molecule has 2 atom stereocenters. The largest absolute Gasteiger partial charge is 0.467 e. The van der Waals surface area contributed by atoms with Gasteiger partial charge in [0.2, 0.25) is 5.91 Å². The van der Waals surface area contributed by atoms with Gasteiger partial charge in [0.15, 0.2) is 5.78 Å². The van der Waals surface area contributed by atoms with Crippen molar-refractivity contribution in [3.05, 3.63) is 46.5 Å². The van der Waals surface area contributed by atoms with E-state index in [9.17, 15) is 14.7 Å². The first-order valence-corrected chi connectivity index (χ1v) is 9.10. The second-order valence-corrected chi connectivity index (χ2v) is 7.00. The number of ketones is 1. The zero-order valence-electron chi connectivity index (χ0n) is 13.4. The summed E-state index contributed by atoms with van der Waals surface area (Å²) in [6.45, 7) is 0.696. The van der Waals surface area contributed by atoms with Crippen LogP contribution in [-0.4, -0.2) is 34.3 Å². The van der Waals surface area contributed by atoms with Crippen molar-refractivity contribution in [2.75, 3.05) is 6.54 Å². The Morgan fingerprint density at radius 2 is 2.21 bits per heavy atom. The summed E-state index contributed by atoms with van der Waals surface area (Å²) < 4.78 is 5.22. The van der Waals surface area contributed by atoms with Gasteiger partial charge in [-0.25, -0.2) is 0 Å². The van der Waals surface area contributed by atoms with E-state index in [0.29, 0.717) is 23.6 Å². The molecule has 2 aromatic rings. The molecule has 0 aromatic carbocycles. The molecule has 1 aliphatic rings. The van der Waals surface area contributed by atoms with Gasteiger partial charge in [-0.1, -0.05) is 6.07 Å². The molecule has 0 aliphatic carbocycles. The maximum atomic E-state index is 12.5. The molecule has 1 saturated heterocycles. The number of amides is 1. The van der Waals surface area contributed by atoms with Gasteiger partial charge in [-0.2, -0.15) is 0 Å². The van der Waals surface area contributed by atoms with Gasteiger partial charge in [-0.05, 0) is 36.4 Å². The normalized spacial score (nSPS) is 18.7. The topological polar surface area (TPSA) is 70.8 Å². The second-order valence-electron chi connectivity index (χ2n) is 6.05. The van der Waals surface area contributed by atoms with E-state index in [-0.39, 0.29) is 30.6 Å². The molecule has 24 heavy (non-hydrogen) atoms. The fraction of sp³-hybridized carbons (Fsp3) is 0.444.